The van der Waals surface area contributed by atoms with E-state index >= 15 is 0 Å². The van der Waals surface area contributed by atoms with E-state index in [1.165, 1.54) is 0 Å². The van der Waals surface area contributed by atoms with Crippen molar-refractivity contribution in [2.75, 3.05) is 0 Å². The highest BCUT2D eigenvalue weighted by atomic mass is 79.9. The molecular formula is C30H32Br2Cl2N4O2. The monoisotopic (exact) mass is 708 g/mol. The minimum Gasteiger partial charge on any atom is -0.386 e. The first-order valence-electron chi connectivity index (χ1n) is 13.4. The smallest absolute Gasteiger partial charge is 0.169 e. The minimum absolute atomic E-state index is 0.119. The zero-order valence-electron chi connectivity index (χ0n) is 22.5. The van der Waals surface area contributed by atoms with Crippen LogP contribution in [0.5, 0.6) is 0 Å². The van der Waals surface area contributed by atoms with E-state index in [4.69, 9.17) is 28.2 Å². The summed E-state index contributed by atoms with van der Waals surface area (Å²) in [6.45, 7) is 5.09. The first kappa shape index (κ1) is 31.0. The summed E-state index contributed by atoms with van der Waals surface area (Å²) in [6.07, 6.45) is 3.81. The molecule has 0 fully saturated rings. The van der Waals surface area contributed by atoms with E-state index < -0.39 is 12.0 Å². The van der Waals surface area contributed by atoms with Gasteiger partial charge in [0, 0.05) is 34.4 Å². The van der Waals surface area contributed by atoms with Crippen LogP contribution in [0, 0.1) is 0 Å². The zero-order valence-corrected chi connectivity index (χ0v) is 27.1. The predicted octanol–water partition coefficient (Wildman–Crippen LogP) is 8.78. The Morgan fingerprint density at radius 2 is 1.45 bits per heavy atom. The highest BCUT2D eigenvalue weighted by Crippen LogP contribution is 2.39. The van der Waals surface area contributed by atoms with Crippen molar-refractivity contribution >= 4 is 61.3 Å². The number of hydrogen-bond acceptors (Lipinski definition) is 4. The SMILES string of the molecule is CCCCc1nc(Cl)c(C(O)C(CCC)c2nc(Cl)c(C=O)n2Cc2ccc(Br)cc2)n1Cc1ccc(Br)cc1. The van der Waals surface area contributed by atoms with Crippen molar-refractivity contribution in [2.24, 2.45) is 0 Å². The Morgan fingerprint density at radius 1 is 0.875 bits per heavy atom. The Balaban J connectivity index is 1.80. The van der Waals surface area contributed by atoms with Crippen LogP contribution in [0.1, 0.15) is 90.5 Å². The van der Waals surface area contributed by atoms with E-state index in [1.54, 1.807) is 0 Å². The third kappa shape index (κ3) is 7.08. The quantitative estimate of drug-likeness (QED) is 0.141. The lowest BCUT2D eigenvalue weighted by Crippen LogP contribution is -2.21. The number of aromatic nitrogens is 4. The Hall–Kier alpha value is -1.97. The molecule has 2 atom stereocenters. The second-order valence-corrected chi connectivity index (χ2v) is 12.4. The maximum Gasteiger partial charge on any atom is 0.169 e. The van der Waals surface area contributed by atoms with Crippen molar-refractivity contribution in [2.45, 2.75) is 71.1 Å². The summed E-state index contributed by atoms with van der Waals surface area (Å²) in [5.41, 5.74) is 2.88. The number of imidazole rings is 2. The molecule has 0 saturated carbocycles. The van der Waals surface area contributed by atoms with Crippen molar-refractivity contribution in [1.29, 1.82) is 0 Å². The number of hydrogen-bond donors (Lipinski definition) is 1. The van der Waals surface area contributed by atoms with Gasteiger partial charge in [0.1, 0.15) is 23.4 Å². The lowest BCUT2D eigenvalue weighted by atomic mass is 9.93. The molecule has 0 saturated heterocycles. The first-order valence-corrected chi connectivity index (χ1v) is 15.7. The molecule has 0 radical (unpaired) electrons. The molecule has 1 N–H and O–H groups in total. The molecule has 2 unspecified atom stereocenters. The van der Waals surface area contributed by atoms with Gasteiger partial charge in [-0.25, -0.2) is 9.97 Å². The molecule has 0 amide bonds. The van der Waals surface area contributed by atoms with Crippen molar-refractivity contribution in [3.63, 3.8) is 0 Å². The van der Waals surface area contributed by atoms with Gasteiger partial charge in [0.15, 0.2) is 16.6 Å². The van der Waals surface area contributed by atoms with Gasteiger partial charge in [-0.2, -0.15) is 0 Å². The van der Waals surface area contributed by atoms with E-state index in [2.05, 4.69) is 50.7 Å². The molecule has 0 aliphatic heterocycles. The lowest BCUT2D eigenvalue weighted by Gasteiger charge is -2.25. The van der Waals surface area contributed by atoms with Gasteiger partial charge in [0.2, 0.25) is 0 Å². The maximum absolute atomic E-state index is 12.1. The van der Waals surface area contributed by atoms with Crippen LogP contribution in [0.2, 0.25) is 10.3 Å². The van der Waals surface area contributed by atoms with Crippen LogP contribution in [0.4, 0.5) is 0 Å². The van der Waals surface area contributed by atoms with E-state index in [0.717, 1.165) is 57.9 Å². The van der Waals surface area contributed by atoms with Crippen molar-refractivity contribution in [3.05, 3.63) is 102 Å². The third-order valence-electron chi connectivity index (χ3n) is 7.00. The van der Waals surface area contributed by atoms with Crippen molar-refractivity contribution in [1.82, 2.24) is 19.1 Å². The second-order valence-electron chi connectivity index (χ2n) is 9.84. The highest BCUT2D eigenvalue weighted by molar-refractivity contribution is 9.10. The molecule has 4 rings (SSSR count). The average molecular weight is 711 g/mol. The summed E-state index contributed by atoms with van der Waals surface area (Å²) >= 11 is 20.2. The number of rotatable bonds is 13. The summed E-state index contributed by atoms with van der Waals surface area (Å²) in [4.78, 5) is 21.4. The fourth-order valence-corrected chi connectivity index (χ4v) is 6.03. The van der Waals surface area contributed by atoms with Gasteiger partial charge >= 0.3 is 0 Å². The lowest BCUT2D eigenvalue weighted by molar-refractivity contribution is 0.111. The summed E-state index contributed by atoms with van der Waals surface area (Å²) < 4.78 is 5.81. The first-order chi connectivity index (χ1) is 19.3. The Bertz CT molecular complexity index is 1440. The van der Waals surface area contributed by atoms with Crippen LogP contribution >= 0.6 is 55.1 Å². The number of carbonyl (C=O) groups excluding carboxylic acids is 1. The van der Waals surface area contributed by atoms with Gasteiger partial charge < -0.3 is 14.2 Å². The van der Waals surface area contributed by atoms with Gasteiger partial charge in [-0.05, 0) is 48.2 Å². The summed E-state index contributed by atoms with van der Waals surface area (Å²) in [5, 5.41) is 12.4. The number of aliphatic hydroxyl groups excluding tert-OH is 1. The number of aryl methyl sites for hydroxylation is 1. The molecule has 6 nitrogen and oxygen atoms in total. The van der Waals surface area contributed by atoms with Crippen LogP contribution in [0.25, 0.3) is 0 Å². The number of unbranched alkanes of at least 4 members (excludes halogenated alkanes) is 1. The van der Waals surface area contributed by atoms with E-state index in [1.807, 2.05) is 57.7 Å². The minimum atomic E-state index is -1.02. The summed E-state index contributed by atoms with van der Waals surface area (Å²) in [5.74, 6) is 0.916. The topological polar surface area (TPSA) is 72.9 Å². The fourth-order valence-electron chi connectivity index (χ4n) is 4.95. The van der Waals surface area contributed by atoms with Crippen molar-refractivity contribution in [3.8, 4) is 0 Å². The highest BCUT2D eigenvalue weighted by Gasteiger charge is 2.34. The predicted molar refractivity (Wildman–Crippen MR) is 168 cm³/mol. The molecule has 2 aromatic carbocycles. The number of aldehydes is 1. The number of carbonyl (C=O) groups is 1. The molecule has 10 heteroatoms. The van der Waals surface area contributed by atoms with Gasteiger partial charge in [0.25, 0.3) is 0 Å². The Kier molecular flexibility index (Phi) is 11.1. The Morgan fingerprint density at radius 3 is 1.98 bits per heavy atom. The largest absolute Gasteiger partial charge is 0.386 e. The van der Waals surface area contributed by atoms with Gasteiger partial charge in [-0.1, -0.05) is 106 Å². The summed E-state index contributed by atoms with van der Waals surface area (Å²) in [6, 6.07) is 15.9. The van der Waals surface area contributed by atoms with Crippen LogP contribution in [0.15, 0.2) is 57.5 Å². The maximum atomic E-state index is 12.1. The number of benzene rings is 2. The molecule has 0 bridgehead atoms. The van der Waals surface area contributed by atoms with Gasteiger partial charge in [0.05, 0.1) is 5.69 Å². The molecule has 4 aromatic rings. The number of halogens is 4. The molecular weight excluding hydrogens is 679 g/mol. The van der Waals surface area contributed by atoms with E-state index in [-0.39, 0.29) is 16.0 Å². The van der Waals surface area contributed by atoms with E-state index in [9.17, 15) is 9.90 Å². The molecule has 212 valence electrons. The standard InChI is InChI=1S/C30H32Br2Cl2N4O2/c1-3-5-7-25-35-29(34)26(38(25)17-20-10-14-22(32)15-11-20)27(40)23(6-4-2)30-36-28(33)24(18-39)37(30)16-19-8-12-21(31)13-9-19/h8-15,18,23,27,40H,3-7,16-17H2,1-2H3. The van der Waals surface area contributed by atoms with Gasteiger partial charge in [-0.3, -0.25) is 4.79 Å². The summed E-state index contributed by atoms with van der Waals surface area (Å²) in [7, 11) is 0. The molecule has 40 heavy (non-hydrogen) atoms. The van der Waals surface area contributed by atoms with Gasteiger partial charge in [-0.15, -0.1) is 0 Å². The van der Waals surface area contributed by atoms with Crippen LogP contribution in [0.3, 0.4) is 0 Å². The molecule has 2 heterocycles. The van der Waals surface area contributed by atoms with E-state index in [0.29, 0.717) is 31.0 Å². The molecule has 0 aliphatic rings. The molecule has 2 aromatic heterocycles. The fraction of sp³-hybridized carbons (Fsp3) is 0.367. The average Bonchev–Trinajstić information content (AvgIpc) is 3.42. The number of nitrogens with zero attached hydrogens (tertiary/aromatic N) is 4. The third-order valence-corrected chi connectivity index (χ3v) is 8.61. The zero-order chi connectivity index (χ0) is 28.8. The Labute approximate surface area is 262 Å². The normalized spacial score (nSPS) is 13.0. The molecule has 0 spiro atoms. The van der Waals surface area contributed by atoms with Crippen molar-refractivity contribution < 1.29 is 9.90 Å². The van der Waals surface area contributed by atoms with Crippen LogP contribution < -0.4 is 0 Å². The van der Waals surface area contributed by atoms with Crippen LogP contribution in [-0.4, -0.2) is 30.5 Å². The van der Waals surface area contributed by atoms with Crippen LogP contribution in [-0.2, 0) is 19.5 Å². The number of aliphatic hydroxyl groups is 1. The second kappa shape index (κ2) is 14.3. The molecule has 0 aliphatic carbocycles.